The van der Waals surface area contributed by atoms with Crippen molar-refractivity contribution < 1.29 is 32.7 Å². The number of aromatic amines is 1. The molecule has 2 N–H and O–H groups in total. The monoisotopic (exact) mass is 268 g/mol. The molecule has 0 aromatic carbocycles. The van der Waals surface area contributed by atoms with Crippen molar-refractivity contribution in [1.82, 2.24) is 4.98 Å². The van der Waals surface area contributed by atoms with E-state index in [1.54, 1.807) is 0 Å². The van der Waals surface area contributed by atoms with E-state index in [1.807, 2.05) is 0 Å². The first-order valence-electron chi connectivity index (χ1n) is 4.02. The molecular formula is C7H3F3N2O6. The van der Waals surface area contributed by atoms with E-state index in [4.69, 9.17) is 5.11 Å². The topological polar surface area (TPSA) is 123 Å². The second kappa shape index (κ2) is 4.35. The first-order valence-corrected chi connectivity index (χ1v) is 4.02. The number of aromatic nitrogens is 1. The van der Waals surface area contributed by atoms with Crippen LogP contribution in [0.15, 0.2) is 10.9 Å². The van der Waals surface area contributed by atoms with Gasteiger partial charge in [-0.15, -0.1) is 13.2 Å². The number of carboxylic acids is 1. The molecule has 18 heavy (non-hydrogen) atoms. The molecule has 1 rings (SSSR count). The third-order valence-corrected chi connectivity index (χ3v) is 1.61. The van der Waals surface area contributed by atoms with Gasteiger partial charge in [0.1, 0.15) is 5.56 Å². The highest BCUT2D eigenvalue weighted by molar-refractivity contribution is 5.93. The summed E-state index contributed by atoms with van der Waals surface area (Å²) in [4.78, 5) is 32.0. The van der Waals surface area contributed by atoms with E-state index in [1.165, 1.54) is 4.98 Å². The fraction of sp³-hybridized carbons (Fsp3) is 0.143. The van der Waals surface area contributed by atoms with Gasteiger partial charge >= 0.3 is 18.0 Å². The Bertz CT molecular complexity index is 563. The van der Waals surface area contributed by atoms with Gasteiger partial charge < -0.3 is 9.84 Å². The Morgan fingerprint density at radius 3 is 2.44 bits per heavy atom. The van der Waals surface area contributed by atoms with Crippen LogP contribution in [0.3, 0.4) is 0 Å². The van der Waals surface area contributed by atoms with E-state index in [2.05, 4.69) is 4.74 Å². The molecule has 0 spiro atoms. The van der Waals surface area contributed by atoms with Crippen LogP contribution in [0, 0.1) is 10.1 Å². The summed E-state index contributed by atoms with van der Waals surface area (Å²) >= 11 is 0. The minimum Gasteiger partial charge on any atom is -0.477 e. The van der Waals surface area contributed by atoms with Crippen molar-refractivity contribution in [3.8, 4) is 5.88 Å². The fourth-order valence-corrected chi connectivity index (χ4v) is 1.06. The molecule has 1 aromatic rings. The average molecular weight is 268 g/mol. The van der Waals surface area contributed by atoms with Crippen LogP contribution in [0.4, 0.5) is 18.9 Å². The number of rotatable bonds is 3. The fourth-order valence-electron chi connectivity index (χ4n) is 1.06. The van der Waals surface area contributed by atoms with Gasteiger partial charge in [0.05, 0.1) is 4.92 Å². The highest BCUT2D eigenvalue weighted by Gasteiger charge is 2.37. The number of carbonyl (C=O) groups is 1. The molecule has 0 bridgehead atoms. The van der Waals surface area contributed by atoms with Gasteiger partial charge in [-0.05, 0) is 0 Å². The standard InChI is InChI=1S/C7H3F3N2O6/c8-7(9,10)18-5-4(12(16)17)2(6(14)15)1-3(13)11-5/h1H,(H,11,13)(H,14,15). The Labute approximate surface area is 94.8 Å². The van der Waals surface area contributed by atoms with Gasteiger partial charge in [0.2, 0.25) is 0 Å². The highest BCUT2D eigenvalue weighted by atomic mass is 19.4. The number of halogens is 3. The first kappa shape index (κ1) is 13.5. The lowest BCUT2D eigenvalue weighted by Gasteiger charge is -2.09. The van der Waals surface area contributed by atoms with Gasteiger partial charge in [-0.3, -0.25) is 19.9 Å². The van der Waals surface area contributed by atoms with E-state index in [0.717, 1.165) is 0 Å². The lowest BCUT2D eigenvalue weighted by Crippen LogP contribution is -2.22. The van der Waals surface area contributed by atoms with Gasteiger partial charge in [-0.1, -0.05) is 0 Å². The van der Waals surface area contributed by atoms with Crippen LogP contribution >= 0.6 is 0 Å². The summed E-state index contributed by atoms with van der Waals surface area (Å²) in [5, 5.41) is 19.1. The molecule has 0 saturated heterocycles. The van der Waals surface area contributed by atoms with Gasteiger partial charge in [0.15, 0.2) is 0 Å². The maximum absolute atomic E-state index is 11.9. The van der Waals surface area contributed by atoms with Crippen LogP contribution in [0.1, 0.15) is 10.4 Å². The molecule has 1 aromatic heterocycles. The van der Waals surface area contributed by atoms with Gasteiger partial charge in [-0.2, -0.15) is 0 Å². The zero-order valence-corrected chi connectivity index (χ0v) is 8.15. The molecule has 0 saturated carbocycles. The minimum atomic E-state index is -5.31. The van der Waals surface area contributed by atoms with Crippen LogP contribution in [-0.4, -0.2) is 27.3 Å². The zero-order chi connectivity index (χ0) is 14.1. The molecule has 8 nitrogen and oxygen atoms in total. The number of hydrogen-bond donors (Lipinski definition) is 2. The summed E-state index contributed by atoms with van der Waals surface area (Å²) < 4.78 is 39.0. The van der Waals surface area contributed by atoms with Crippen molar-refractivity contribution in [3.63, 3.8) is 0 Å². The molecule has 0 amide bonds. The maximum Gasteiger partial charge on any atom is 0.574 e. The smallest absolute Gasteiger partial charge is 0.477 e. The summed E-state index contributed by atoms with van der Waals surface area (Å²) in [6.07, 6.45) is -5.31. The Morgan fingerprint density at radius 2 is 2.06 bits per heavy atom. The number of alkyl halides is 3. The number of pyridine rings is 1. The number of aromatic carboxylic acids is 1. The third-order valence-electron chi connectivity index (χ3n) is 1.61. The van der Waals surface area contributed by atoms with Gasteiger partial charge in [0.25, 0.3) is 11.4 Å². The molecule has 0 aliphatic heterocycles. The van der Waals surface area contributed by atoms with E-state index in [-0.39, 0.29) is 6.07 Å². The molecule has 0 fully saturated rings. The van der Waals surface area contributed by atoms with Gasteiger partial charge in [0, 0.05) is 6.07 Å². The molecule has 0 atom stereocenters. The van der Waals surface area contributed by atoms with Crippen molar-refractivity contribution in [1.29, 1.82) is 0 Å². The van der Waals surface area contributed by atoms with E-state index < -0.39 is 39.9 Å². The second-order valence-corrected chi connectivity index (χ2v) is 2.84. The Kier molecular flexibility index (Phi) is 3.26. The molecule has 11 heteroatoms. The Morgan fingerprint density at radius 1 is 1.50 bits per heavy atom. The SMILES string of the molecule is O=C(O)c1cc(=O)[nH]c(OC(F)(F)F)c1[N+](=O)[O-]. The summed E-state index contributed by atoms with van der Waals surface area (Å²) in [6, 6.07) is 0.281. The predicted octanol–water partition coefficient (Wildman–Crippen LogP) is 0.880. The Balaban J connectivity index is 3.54. The molecule has 0 aliphatic rings. The zero-order valence-electron chi connectivity index (χ0n) is 8.15. The van der Waals surface area contributed by atoms with Crippen LogP contribution < -0.4 is 10.3 Å². The number of nitrogens with zero attached hydrogens (tertiary/aromatic N) is 1. The lowest BCUT2D eigenvalue weighted by atomic mass is 10.2. The molecule has 0 aliphatic carbocycles. The summed E-state index contributed by atoms with van der Waals surface area (Å²) in [5.74, 6) is -3.52. The summed E-state index contributed by atoms with van der Waals surface area (Å²) in [6.45, 7) is 0. The number of H-pyrrole nitrogens is 1. The largest absolute Gasteiger partial charge is 0.574 e. The maximum atomic E-state index is 11.9. The quantitative estimate of drug-likeness (QED) is 0.619. The van der Waals surface area contributed by atoms with E-state index in [9.17, 15) is 32.9 Å². The van der Waals surface area contributed by atoms with Gasteiger partial charge in [-0.25, -0.2) is 4.79 Å². The summed E-state index contributed by atoms with van der Waals surface area (Å²) in [5.41, 5.74) is -3.97. The van der Waals surface area contributed by atoms with Crippen molar-refractivity contribution in [3.05, 3.63) is 32.1 Å². The van der Waals surface area contributed by atoms with E-state index in [0.29, 0.717) is 0 Å². The van der Waals surface area contributed by atoms with Crippen LogP contribution in [0.5, 0.6) is 5.88 Å². The van der Waals surface area contributed by atoms with Crippen molar-refractivity contribution in [2.75, 3.05) is 0 Å². The number of nitro groups is 1. The lowest BCUT2D eigenvalue weighted by molar-refractivity contribution is -0.389. The van der Waals surface area contributed by atoms with E-state index >= 15 is 0 Å². The summed E-state index contributed by atoms with van der Waals surface area (Å²) in [7, 11) is 0. The van der Waals surface area contributed by atoms with Crippen LogP contribution in [-0.2, 0) is 0 Å². The molecule has 1 heterocycles. The molecular weight excluding hydrogens is 265 g/mol. The second-order valence-electron chi connectivity index (χ2n) is 2.84. The normalized spacial score (nSPS) is 11.1. The first-order chi connectivity index (χ1) is 8.11. The predicted molar refractivity (Wildman–Crippen MR) is 47.4 cm³/mol. The molecule has 98 valence electrons. The van der Waals surface area contributed by atoms with Crippen molar-refractivity contribution >= 4 is 11.7 Å². The van der Waals surface area contributed by atoms with Crippen LogP contribution in [0.25, 0.3) is 0 Å². The Hall–Kier alpha value is -2.59. The number of ether oxygens (including phenoxy) is 1. The third kappa shape index (κ3) is 2.96. The molecule has 0 radical (unpaired) electrons. The number of nitrogens with one attached hydrogen (secondary N) is 1. The highest BCUT2D eigenvalue weighted by Crippen LogP contribution is 2.31. The van der Waals surface area contributed by atoms with Crippen LogP contribution in [0.2, 0.25) is 0 Å². The number of carboxylic acid groups (broad SMARTS) is 1. The average Bonchev–Trinajstić information content (AvgIpc) is 2.12. The van der Waals surface area contributed by atoms with Crippen molar-refractivity contribution in [2.24, 2.45) is 0 Å². The minimum absolute atomic E-state index is 0.281. The number of hydrogen-bond acceptors (Lipinski definition) is 5. The van der Waals surface area contributed by atoms with Crippen molar-refractivity contribution in [2.45, 2.75) is 6.36 Å². The molecule has 0 unspecified atom stereocenters.